The van der Waals surface area contributed by atoms with E-state index in [2.05, 4.69) is 0 Å². The summed E-state index contributed by atoms with van der Waals surface area (Å²) in [4.78, 5) is 29.9. The Bertz CT molecular complexity index is 787. The number of piperidine rings is 1. The van der Waals surface area contributed by atoms with E-state index >= 15 is 0 Å². The lowest BCUT2D eigenvalue weighted by molar-refractivity contribution is -0.135. The molecule has 5 nitrogen and oxygen atoms in total. The van der Waals surface area contributed by atoms with Crippen molar-refractivity contribution in [1.29, 1.82) is 0 Å². The number of para-hydroxylation sites is 1. The number of benzene rings is 1. The van der Waals surface area contributed by atoms with Gasteiger partial charge in [-0.3, -0.25) is 9.59 Å². The Labute approximate surface area is 167 Å². The van der Waals surface area contributed by atoms with Crippen molar-refractivity contribution in [2.24, 2.45) is 0 Å². The van der Waals surface area contributed by atoms with Crippen LogP contribution in [0.2, 0.25) is 0 Å². The lowest BCUT2D eigenvalue weighted by Crippen LogP contribution is -2.54. The van der Waals surface area contributed by atoms with Crippen LogP contribution in [-0.4, -0.2) is 58.5 Å². The summed E-state index contributed by atoms with van der Waals surface area (Å²) >= 11 is 3.36. The predicted octanol–water partition coefficient (Wildman–Crippen LogP) is 3.33. The molecule has 1 aromatic heterocycles. The maximum Gasteiger partial charge on any atom is 0.265 e. The van der Waals surface area contributed by atoms with Crippen LogP contribution in [0.25, 0.3) is 0 Å². The second-order valence-corrected chi connectivity index (χ2v) is 9.12. The average Bonchev–Trinajstić information content (AvgIpc) is 3.38. The number of hydrogen-bond acceptors (Lipinski definition) is 5. The van der Waals surface area contributed by atoms with Gasteiger partial charge in [0.15, 0.2) is 6.61 Å². The number of thiophene rings is 1. The third-order valence-electron chi connectivity index (χ3n) is 5.16. The van der Waals surface area contributed by atoms with Crippen LogP contribution >= 0.6 is 23.1 Å². The van der Waals surface area contributed by atoms with Crippen molar-refractivity contribution in [1.82, 2.24) is 9.80 Å². The zero-order valence-electron chi connectivity index (χ0n) is 15.0. The summed E-state index contributed by atoms with van der Waals surface area (Å²) in [5, 5.41) is 1.94. The summed E-state index contributed by atoms with van der Waals surface area (Å²) in [6.45, 7) is 2.17. The molecule has 2 fully saturated rings. The molecule has 7 heteroatoms. The first-order chi connectivity index (χ1) is 13.2. The Morgan fingerprint density at radius 3 is 2.52 bits per heavy atom. The van der Waals surface area contributed by atoms with Crippen LogP contribution < -0.4 is 4.74 Å². The highest BCUT2D eigenvalue weighted by Crippen LogP contribution is 2.44. The lowest BCUT2D eigenvalue weighted by atomic mass is 10.0. The summed E-state index contributed by atoms with van der Waals surface area (Å²) in [5.41, 5.74) is 0. The molecule has 4 rings (SSSR count). The van der Waals surface area contributed by atoms with E-state index in [1.165, 1.54) is 11.3 Å². The molecule has 2 amide bonds. The van der Waals surface area contributed by atoms with Gasteiger partial charge in [-0.1, -0.05) is 24.3 Å². The minimum atomic E-state index is -0.169. The van der Waals surface area contributed by atoms with Gasteiger partial charge >= 0.3 is 0 Å². The van der Waals surface area contributed by atoms with E-state index in [1.807, 2.05) is 69.4 Å². The van der Waals surface area contributed by atoms with E-state index < -0.39 is 0 Å². The fourth-order valence-corrected chi connectivity index (χ4v) is 5.83. The molecule has 0 radical (unpaired) electrons. The van der Waals surface area contributed by atoms with Gasteiger partial charge in [-0.05, 0) is 36.4 Å². The highest BCUT2D eigenvalue weighted by Gasteiger charge is 2.47. The standard InChI is InChI=1S/C20H22N2O3S2/c23-18(15-25-16-5-2-1-3-6-16)21-10-8-20(9-11-21)22(12-14-27-20)19(24)17-7-4-13-26-17/h1-7,13H,8-12,14-15H2. The van der Waals surface area contributed by atoms with Gasteiger partial charge in [0, 0.05) is 25.4 Å². The van der Waals surface area contributed by atoms with Gasteiger partial charge in [0.2, 0.25) is 0 Å². The van der Waals surface area contributed by atoms with Crippen LogP contribution in [0.4, 0.5) is 0 Å². The summed E-state index contributed by atoms with van der Waals surface area (Å²) in [5.74, 6) is 1.80. The van der Waals surface area contributed by atoms with Crippen LogP contribution in [-0.2, 0) is 4.79 Å². The number of hydrogen-bond donors (Lipinski definition) is 0. The lowest BCUT2D eigenvalue weighted by Gasteiger charge is -2.43. The van der Waals surface area contributed by atoms with Crippen molar-refractivity contribution in [3.05, 3.63) is 52.7 Å². The first-order valence-electron chi connectivity index (χ1n) is 9.13. The van der Waals surface area contributed by atoms with Crippen molar-refractivity contribution < 1.29 is 14.3 Å². The Morgan fingerprint density at radius 1 is 1.04 bits per heavy atom. The van der Waals surface area contributed by atoms with E-state index in [4.69, 9.17) is 4.74 Å². The zero-order chi connectivity index (χ0) is 18.7. The number of likely N-dealkylation sites (tertiary alicyclic amines) is 1. The average molecular weight is 403 g/mol. The van der Waals surface area contributed by atoms with E-state index in [9.17, 15) is 9.59 Å². The maximum absolute atomic E-state index is 12.9. The quantitative estimate of drug-likeness (QED) is 0.787. The minimum absolute atomic E-state index is 0.00725. The largest absolute Gasteiger partial charge is 0.484 e. The number of carbonyl (C=O) groups excluding carboxylic acids is 2. The monoisotopic (exact) mass is 402 g/mol. The Balaban J connectivity index is 1.35. The van der Waals surface area contributed by atoms with Gasteiger partial charge in [0.05, 0.1) is 9.75 Å². The maximum atomic E-state index is 12.9. The Morgan fingerprint density at radius 2 is 1.81 bits per heavy atom. The molecule has 1 spiro atoms. The molecular weight excluding hydrogens is 380 g/mol. The topological polar surface area (TPSA) is 49.9 Å². The van der Waals surface area contributed by atoms with Crippen molar-refractivity contribution in [2.45, 2.75) is 17.7 Å². The van der Waals surface area contributed by atoms with Gasteiger partial charge in [-0.2, -0.15) is 0 Å². The van der Waals surface area contributed by atoms with Crippen molar-refractivity contribution in [2.75, 3.05) is 32.0 Å². The number of amides is 2. The fraction of sp³-hybridized carbons (Fsp3) is 0.400. The van der Waals surface area contributed by atoms with Gasteiger partial charge < -0.3 is 14.5 Å². The fourth-order valence-electron chi connectivity index (χ4n) is 3.70. The predicted molar refractivity (Wildman–Crippen MR) is 108 cm³/mol. The van der Waals surface area contributed by atoms with E-state index in [0.29, 0.717) is 18.8 Å². The Kier molecular flexibility index (Phi) is 5.41. The molecule has 0 unspecified atom stereocenters. The zero-order valence-corrected chi connectivity index (χ0v) is 16.6. The SMILES string of the molecule is O=C(COc1ccccc1)N1CCC2(CC1)SCCN2C(=O)c1cccs1. The van der Waals surface area contributed by atoms with Gasteiger partial charge in [-0.25, -0.2) is 0 Å². The third-order valence-corrected chi connectivity index (χ3v) is 7.57. The third kappa shape index (κ3) is 3.84. The first-order valence-corrected chi connectivity index (χ1v) is 11.0. The molecule has 2 aliphatic rings. The van der Waals surface area contributed by atoms with Crippen LogP contribution in [0.15, 0.2) is 47.8 Å². The molecule has 1 aromatic carbocycles. The van der Waals surface area contributed by atoms with Crippen LogP contribution in [0.5, 0.6) is 5.75 Å². The normalized spacial score (nSPS) is 18.7. The van der Waals surface area contributed by atoms with E-state index in [0.717, 1.165) is 30.0 Å². The molecule has 3 heterocycles. The van der Waals surface area contributed by atoms with E-state index in [1.54, 1.807) is 0 Å². The molecule has 0 aliphatic carbocycles. The molecule has 2 aliphatic heterocycles. The van der Waals surface area contributed by atoms with Gasteiger partial charge in [-0.15, -0.1) is 23.1 Å². The second kappa shape index (κ2) is 7.94. The van der Waals surface area contributed by atoms with Gasteiger partial charge in [0.25, 0.3) is 11.8 Å². The molecule has 2 aromatic rings. The number of ether oxygens (including phenoxy) is 1. The van der Waals surface area contributed by atoms with Crippen molar-refractivity contribution in [3.8, 4) is 5.75 Å². The number of nitrogens with zero attached hydrogens (tertiary/aromatic N) is 2. The highest BCUT2D eigenvalue weighted by molar-refractivity contribution is 8.00. The molecule has 0 saturated carbocycles. The molecular formula is C20H22N2O3S2. The van der Waals surface area contributed by atoms with Crippen molar-refractivity contribution in [3.63, 3.8) is 0 Å². The molecule has 142 valence electrons. The molecule has 0 bridgehead atoms. The number of thioether (sulfide) groups is 1. The van der Waals surface area contributed by atoms with Crippen LogP contribution in [0.3, 0.4) is 0 Å². The highest BCUT2D eigenvalue weighted by atomic mass is 32.2. The second-order valence-electron chi connectivity index (χ2n) is 6.71. The molecule has 0 atom stereocenters. The molecule has 27 heavy (non-hydrogen) atoms. The summed E-state index contributed by atoms with van der Waals surface area (Å²) in [7, 11) is 0. The van der Waals surface area contributed by atoms with Crippen LogP contribution in [0.1, 0.15) is 22.5 Å². The Hall–Kier alpha value is -1.99. The summed E-state index contributed by atoms with van der Waals surface area (Å²) < 4.78 is 5.59. The molecule has 2 saturated heterocycles. The number of rotatable bonds is 4. The smallest absolute Gasteiger partial charge is 0.265 e. The summed E-state index contributed by atoms with van der Waals surface area (Å²) in [6.07, 6.45) is 1.62. The summed E-state index contributed by atoms with van der Waals surface area (Å²) in [6, 6.07) is 13.2. The van der Waals surface area contributed by atoms with Crippen LogP contribution in [0, 0.1) is 0 Å². The van der Waals surface area contributed by atoms with Crippen molar-refractivity contribution >= 4 is 34.9 Å². The number of carbonyl (C=O) groups is 2. The minimum Gasteiger partial charge on any atom is -0.484 e. The first kappa shape index (κ1) is 18.4. The van der Waals surface area contributed by atoms with E-state index in [-0.39, 0.29) is 23.3 Å². The molecule has 0 N–H and O–H groups in total. The van der Waals surface area contributed by atoms with Gasteiger partial charge in [0.1, 0.15) is 5.75 Å².